The number of carbonyl (C=O) groups excluding carboxylic acids is 1. The summed E-state index contributed by atoms with van der Waals surface area (Å²) in [6.07, 6.45) is 5.10. The SMILES string of the molecule is CSc1nnc(CCCNC(=O)c2cn[nH]c2-c2ccc(Cl)cc2)n1CC(C)C. The van der Waals surface area contributed by atoms with Gasteiger partial charge in [-0.15, -0.1) is 10.2 Å². The molecular formula is C20H25ClN6OS. The van der Waals surface area contributed by atoms with Crippen LogP contribution in [-0.2, 0) is 13.0 Å². The third kappa shape index (κ3) is 5.39. The Morgan fingerprint density at radius 1 is 1.28 bits per heavy atom. The monoisotopic (exact) mass is 432 g/mol. The number of aromatic nitrogens is 5. The van der Waals surface area contributed by atoms with Crippen LogP contribution in [0.5, 0.6) is 0 Å². The highest BCUT2D eigenvalue weighted by Crippen LogP contribution is 2.23. The molecule has 0 bridgehead atoms. The summed E-state index contributed by atoms with van der Waals surface area (Å²) >= 11 is 7.54. The number of H-pyrrole nitrogens is 1. The second-order valence-electron chi connectivity index (χ2n) is 7.13. The van der Waals surface area contributed by atoms with Crippen molar-refractivity contribution in [3.63, 3.8) is 0 Å². The molecule has 0 aliphatic rings. The Hall–Kier alpha value is -2.32. The van der Waals surface area contributed by atoms with Crippen LogP contribution in [0.1, 0.15) is 36.5 Å². The van der Waals surface area contributed by atoms with E-state index in [4.69, 9.17) is 11.6 Å². The lowest BCUT2D eigenvalue weighted by Gasteiger charge is -2.11. The number of amides is 1. The predicted octanol–water partition coefficient (Wildman–Crippen LogP) is 4.06. The fourth-order valence-electron chi connectivity index (χ4n) is 3.04. The average molecular weight is 433 g/mol. The Morgan fingerprint density at radius 3 is 2.72 bits per heavy atom. The van der Waals surface area contributed by atoms with Crippen LogP contribution in [-0.4, -0.2) is 43.7 Å². The van der Waals surface area contributed by atoms with Crippen molar-refractivity contribution in [1.29, 1.82) is 0 Å². The molecule has 7 nitrogen and oxygen atoms in total. The van der Waals surface area contributed by atoms with Crippen molar-refractivity contribution in [3.8, 4) is 11.3 Å². The second-order valence-corrected chi connectivity index (χ2v) is 8.34. The standard InChI is InChI=1S/C20H25ClN6OS/c1-13(2)12-27-17(24-26-20(27)29-3)5-4-10-22-19(28)16-11-23-25-18(16)14-6-8-15(21)9-7-14/h6-9,11,13H,4-5,10,12H2,1-3H3,(H,22,28)(H,23,25). The number of aromatic amines is 1. The Morgan fingerprint density at radius 2 is 2.03 bits per heavy atom. The number of hydrogen-bond acceptors (Lipinski definition) is 5. The van der Waals surface area contributed by atoms with Crippen LogP contribution in [0, 0.1) is 5.92 Å². The molecule has 0 unspecified atom stereocenters. The lowest BCUT2D eigenvalue weighted by Crippen LogP contribution is -2.25. The third-order valence-electron chi connectivity index (χ3n) is 4.40. The summed E-state index contributed by atoms with van der Waals surface area (Å²) < 4.78 is 2.17. The number of halogens is 1. The summed E-state index contributed by atoms with van der Waals surface area (Å²) in [6, 6.07) is 7.29. The predicted molar refractivity (Wildman–Crippen MR) is 116 cm³/mol. The molecule has 0 fully saturated rings. The number of aryl methyl sites for hydroxylation is 1. The Balaban J connectivity index is 1.57. The number of nitrogens with one attached hydrogen (secondary N) is 2. The fraction of sp³-hybridized carbons (Fsp3) is 0.400. The van der Waals surface area contributed by atoms with Crippen molar-refractivity contribution in [2.75, 3.05) is 12.8 Å². The first-order valence-electron chi connectivity index (χ1n) is 9.53. The van der Waals surface area contributed by atoms with Crippen LogP contribution in [0.3, 0.4) is 0 Å². The summed E-state index contributed by atoms with van der Waals surface area (Å²) in [5.74, 6) is 1.32. The minimum atomic E-state index is -0.155. The van der Waals surface area contributed by atoms with E-state index in [1.807, 2.05) is 18.4 Å². The fourth-order valence-corrected chi connectivity index (χ4v) is 3.69. The van der Waals surface area contributed by atoms with Crippen LogP contribution in [0.4, 0.5) is 0 Å². The molecule has 9 heteroatoms. The van der Waals surface area contributed by atoms with Gasteiger partial charge in [-0.2, -0.15) is 5.10 Å². The van der Waals surface area contributed by atoms with Crippen LogP contribution in [0.15, 0.2) is 35.6 Å². The zero-order chi connectivity index (χ0) is 20.8. The van der Waals surface area contributed by atoms with Crippen molar-refractivity contribution in [2.24, 2.45) is 5.92 Å². The number of benzene rings is 1. The van der Waals surface area contributed by atoms with Crippen LogP contribution in [0.2, 0.25) is 5.02 Å². The summed E-state index contributed by atoms with van der Waals surface area (Å²) in [5, 5.41) is 20.1. The molecule has 2 aromatic heterocycles. The number of rotatable bonds is 9. The quantitative estimate of drug-likeness (QED) is 0.393. The highest BCUT2D eigenvalue weighted by molar-refractivity contribution is 7.98. The zero-order valence-corrected chi connectivity index (χ0v) is 18.3. The Bertz CT molecular complexity index is 950. The summed E-state index contributed by atoms with van der Waals surface area (Å²) in [6.45, 7) is 5.80. The molecule has 0 atom stereocenters. The van der Waals surface area contributed by atoms with Crippen molar-refractivity contribution >= 4 is 29.3 Å². The topological polar surface area (TPSA) is 88.5 Å². The maximum absolute atomic E-state index is 12.6. The van der Waals surface area contributed by atoms with E-state index in [0.717, 1.165) is 35.9 Å². The second kappa shape index (κ2) is 9.93. The summed E-state index contributed by atoms with van der Waals surface area (Å²) in [7, 11) is 0. The molecule has 2 N–H and O–H groups in total. The highest BCUT2D eigenvalue weighted by Gasteiger charge is 2.16. The van der Waals surface area contributed by atoms with Gasteiger partial charge in [0.2, 0.25) is 0 Å². The van der Waals surface area contributed by atoms with Crippen molar-refractivity contribution in [3.05, 3.63) is 46.9 Å². The van der Waals surface area contributed by atoms with Gasteiger partial charge in [-0.1, -0.05) is 49.3 Å². The van der Waals surface area contributed by atoms with E-state index >= 15 is 0 Å². The van der Waals surface area contributed by atoms with E-state index in [1.165, 1.54) is 0 Å². The van der Waals surface area contributed by atoms with Gasteiger partial charge in [-0.25, -0.2) is 0 Å². The maximum atomic E-state index is 12.6. The van der Waals surface area contributed by atoms with Gasteiger partial charge >= 0.3 is 0 Å². The number of thioether (sulfide) groups is 1. The molecule has 0 radical (unpaired) electrons. The minimum absolute atomic E-state index is 0.155. The van der Waals surface area contributed by atoms with Gasteiger partial charge in [-0.05, 0) is 30.7 Å². The number of hydrogen-bond donors (Lipinski definition) is 2. The van der Waals surface area contributed by atoms with E-state index in [-0.39, 0.29) is 5.91 Å². The molecule has 0 spiro atoms. The average Bonchev–Trinajstić information content (AvgIpc) is 3.33. The normalized spacial score (nSPS) is 11.2. The lowest BCUT2D eigenvalue weighted by atomic mass is 10.1. The van der Waals surface area contributed by atoms with Crippen LogP contribution in [0.25, 0.3) is 11.3 Å². The molecule has 0 saturated heterocycles. The van der Waals surface area contributed by atoms with Gasteiger partial charge in [0.15, 0.2) is 5.16 Å². The van der Waals surface area contributed by atoms with Gasteiger partial charge in [0.25, 0.3) is 5.91 Å². The van der Waals surface area contributed by atoms with Crippen molar-refractivity contribution in [2.45, 2.75) is 38.4 Å². The molecule has 0 aliphatic heterocycles. The van der Waals surface area contributed by atoms with E-state index in [2.05, 4.69) is 44.1 Å². The molecule has 29 heavy (non-hydrogen) atoms. The zero-order valence-electron chi connectivity index (χ0n) is 16.8. The highest BCUT2D eigenvalue weighted by atomic mass is 35.5. The molecular weight excluding hydrogens is 408 g/mol. The summed E-state index contributed by atoms with van der Waals surface area (Å²) in [4.78, 5) is 12.6. The Labute approximate surface area is 179 Å². The van der Waals surface area contributed by atoms with Gasteiger partial charge < -0.3 is 9.88 Å². The molecule has 3 rings (SSSR count). The first kappa shape index (κ1) is 21.4. The molecule has 1 aromatic carbocycles. The van der Waals surface area contributed by atoms with Crippen LogP contribution < -0.4 is 5.32 Å². The largest absolute Gasteiger partial charge is 0.352 e. The Kier molecular flexibility index (Phi) is 7.33. The molecule has 3 aromatic rings. The molecule has 0 aliphatic carbocycles. The van der Waals surface area contributed by atoms with Gasteiger partial charge in [0, 0.05) is 30.1 Å². The smallest absolute Gasteiger partial charge is 0.255 e. The van der Waals surface area contributed by atoms with Gasteiger partial charge in [0.05, 0.1) is 17.5 Å². The van der Waals surface area contributed by atoms with E-state index < -0.39 is 0 Å². The maximum Gasteiger partial charge on any atom is 0.255 e. The van der Waals surface area contributed by atoms with Crippen molar-refractivity contribution < 1.29 is 4.79 Å². The molecule has 1 amide bonds. The number of carbonyl (C=O) groups is 1. The van der Waals surface area contributed by atoms with E-state index in [0.29, 0.717) is 28.7 Å². The van der Waals surface area contributed by atoms with Crippen molar-refractivity contribution in [1.82, 2.24) is 30.3 Å². The lowest BCUT2D eigenvalue weighted by molar-refractivity contribution is 0.0954. The van der Waals surface area contributed by atoms with Crippen LogP contribution >= 0.6 is 23.4 Å². The molecule has 154 valence electrons. The first-order chi connectivity index (χ1) is 14.0. The molecule has 2 heterocycles. The van der Waals surface area contributed by atoms with Gasteiger partial charge in [-0.3, -0.25) is 9.89 Å². The molecule has 0 saturated carbocycles. The first-order valence-corrected chi connectivity index (χ1v) is 11.1. The van der Waals surface area contributed by atoms with E-state index in [9.17, 15) is 4.79 Å². The van der Waals surface area contributed by atoms with Gasteiger partial charge in [0.1, 0.15) is 5.82 Å². The minimum Gasteiger partial charge on any atom is -0.352 e. The third-order valence-corrected chi connectivity index (χ3v) is 5.32. The summed E-state index contributed by atoms with van der Waals surface area (Å²) in [5.41, 5.74) is 2.06. The van der Waals surface area contributed by atoms with E-state index in [1.54, 1.807) is 30.1 Å². The number of nitrogens with zero attached hydrogens (tertiary/aromatic N) is 4.